The van der Waals surface area contributed by atoms with Crippen molar-refractivity contribution in [3.05, 3.63) is 54.6 Å². The molecule has 1 aliphatic rings. The Morgan fingerprint density at radius 1 is 0.824 bits per heavy atom. The van der Waals surface area contributed by atoms with Gasteiger partial charge in [-0.25, -0.2) is 4.98 Å². The normalized spacial score (nSPS) is 13.5. The lowest BCUT2D eigenvalue weighted by Crippen LogP contribution is -2.28. The van der Waals surface area contributed by atoms with Crippen LogP contribution in [0.15, 0.2) is 54.6 Å². The van der Waals surface area contributed by atoms with Crippen LogP contribution in [0.2, 0.25) is 0 Å². The van der Waals surface area contributed by atoms with Crippen LogP contribution >= 0.6 is 0 Å². The molecule has 0 saturated carbocycles. The van der Waals surface area contributed by atoms with Crippen molar-refractivity contribution in [2.75, 3.05) is 0 Å². The average molecular weight is 501 g/mol. The van der Waals surface area contributed by atoms with Crippen LogP contribution in [-0.4, -0.2) is 25.3 Å². The number of rotatable bonds is 3. The molecule has 0 N–H and O–H groups in total. The summed E-state index contributed by atoms with van der Waals surface area (Å²) in [5.74, 6) is -1.94. The standard InChI is InChI=1S/C21H9F6NO5S/c22-20(23,24)32-19-15(33-34(29,30)21(25,26)27)9-8-11-10-5-3-7-14-16(10)17(28-18(11)19)12-4-1-2-6-13(12)31-14/h1-9H. The Balaban J connectivity index is 1.87. The minimum absolute atomic E-state index is 0.0413. The molecular formula is C21H9F6NO5S. The highest BCUT2D eigenvalue weighted by Gasteiger charge is 2.49. The molecule has 5 rings (SSSR count). The van der Waals surface area contributed by atoms with E-state index in [0.717, 1.165) is 6.07 Å². The minimum atomic E-state index is -6.30. The van der Waals surface area contributed by atoms with Crippen LogP contribution in [0.3, 0.4) is 0 Å². The van der Waals surface area contributed by atoms with Gasteiger partial charge in [-0.15, -0.1) is 13.2 Å². The minimum Gasteiger partial charge on any atom is -0.456 e. The van der Waals surface area contributed by atoms with Crippen molar-refractivity contribution in [2.24, 2.45) is 0 Å². The van der Waals surface area contributed by atoms with E-state index in [2.05, 4.69) is 13.9 Å². The SMILES string of the molecule is O=S(=O)(Oc1ccc2c(nc3c4c(cccc42)Oc2ccccc2-3)c1OC(F)(F)F)C(F)(F)F. The lowest BCUT2D eigenvalue weighted by atomic mass is 9.96. The summed E-state index contributed by atoms with van der Waals surface area (Å²) in [6.07, 6.45) is -5.40. The Hall–Kier alpha value is -3.74. The maximum absolute atomic E-state index is 13.2. The molecule has 0 amide bonds. The van der Waals surface area contributed by atoms with Gasteiger partial charge >= 0.3 is 22.0 Å². The molecule has 34 heavy (non-hydrogen) atoms. The molecule has 0 aliphatic carbocycles. The number of hydrogen-bond donors (Lipinski definition) is 0. The maximum atomic E-state index is 13.2. The van der Waals surface area contributed by atoms with Crippen molar-refractivity contribution in [1.82, 2.24) is 4.98 Å². The van der Waals surface area contributed by atoms with Crippen LogP contribution < -0.4 is 13.7 Å². The fraction of sp³-hybridized carbons (Fsp3) is 0.0952. The molecule has 1 aromatic heterocycles. The number of nitrogens with zero attached hydrogens (tertiary/aromatic N) is 1. The molecule has 2 heterocycles. The second-order valence-corrected chi connectivity index (χ2v) is 8.60. The van der Waals surface area contributed by atoms with Crippen LogP contribution in [-0.2, 0) is 10.1 Å². The number of fused-ring (bicyclic) bond motifs is 4. The van der Waals surface area contributed by atoms with Crippen molar-refractivity contribution >= 4 is 31.8 Å². The first kappa shape index (κ1) is 22.1. The monoisotopic (exact) mass is 501 g/mol. The van der Waals surface area contributed by atoms with E-state index in [9.17, 15) is 34.8 Å². The number of benzene rings is 3. The molecule has 1 aliphatic heterocycles. The Kier molecular flexibility index (Phi) is 4.63. The Morgan fingerprint density at radius 2 is 1.53 bits per heavy atom. The number of ether oxygens (including phenoxy) is 2. The van der Waals surface area contributed by atoms with Gasteiger partial charge in [0.15, 0.2) is 11.5 Å². The van der Waals surface area contributed by atoms with Gasteiger partial charge in [-0.1, -0.05) is 24.3 Å². The van der Waals surface area contributed by atoms with Gasteiger partial charge in [-0.05, 0) is 35.7 Å². The van der Waals surface area contributed by atoms with Gasteiger partial charge in [-0.2, -0.15) is 21.6 Å². The van der Waals surface area contributed by atoms with Crippen molar-refractivity contribution in [3.63, 3.8) is 0 Å². The number of aromatic nitrogens is 1. The van der Waals surface area contributed by atoms with Gasteiger partial charge in [0, 0.05) is 10.9 Å². The van der Waals surface area contributed by atoms with Gasteiger partial charge in [-0.3, -0.25) is 0 Å². The number of hydrogen-bond acceptors (Lipinski definition) is 6. The average Bonchev–Trinajstić information content (AvgIpc) is 2.74. The zero-order chi connectivity index (χ0) is 24.5. The molecule has 0 radical (unpaired) electrons. The van der Waals surface area contributed by atoms with E-state index >= 15 is 0 Å². The molecule has 3 aromatic carbocycles. The zero-order valence-corrected chi connectivity index (χ0v) is 17.2. The molecule has 176 valence electrons. The van der Waals surface area contributed by atoms with Crippen LogP contribution in [0.25, 0.3) is 32.9 Å². The molecule has 0 bridgehead atoms. The summed E-state index contributed by atoms with van der Waals surface area (Å²) in [4.78, 5) is 4.25. The third-order valence-corrected chi connectivity index (χ3v) is 5.90. The highest BCUT2D eigenvalue weighted by molar-refractivity contribution is 7.88. The largest absolute Gasteiger partial charge is 0.573 e. The predicted octanol–water partition coefficient (Wildman–Crippen LogP) is 6.29. The third kappa shape index (κ3) is 3.52. The molecule has 0 unspecified atom stereocenters. The van der Waals surface area contributed by atoms with Crippen LogP contribution in [0.4, 0.5) is 26.3 Å². The van der Waals surface area contributed by atoms with Gasteiger partial charge in [0.2, 0.25) is 0 Å². The summed E-state index contributed by atoms with van der Waals surface area (Å²) < 4.78 is 115. The lowest BCUT2D eigenvalue weighted by molar-refractivity contribution is -0.274. The summed E-state index contributed by atoms with van der Waals surface area (Å²) in [7, 11) is -6.30. The highest BCUT2D eigenvalue weighted by atomic mass is 32.2. The van der Waals surface area contributed by atoms with E-state index in [0.29, 0.717) is 33.9 Å². The number of alkyl halides is 6. The molecular weight excluding hydrogens is 492 g/mol. The third-order valence-electron chi connectivity index (χ3n) is 4.94. The first-order valence-corrected chi connectivity index (χ1v) is 10.7. The maximum Gasteiger partial charge on any atom is 0.573 e. The highest BCUT2D eigenvalue weighted by Crippen LogP contribution is 2.49. The van der Waals surface area contributed by atoms with Crippen molar-refractivity contribution in [2.45, 2.75) is 11.9 Å². The van der Waals surface area contributed by atoms with E-state index < -0.39 is 39.0 Å². The van der Waals surface area contributed by atoms with Gasteiger partial charge in [0.05, 0.1) is 11.1 Å². The Morgan fingerprint density at radius 3 is 2.24 bits per heavy atom. The molecule has 4 aromatic rings. The summed E-state index contributed by atoms with van der Waals surface area (Å²) >= 11 is 0. The van der Waals surface area contributed by atoms with Crippen LogP contribution in [0.1, 0.15) is 0 Å². The first-order valence-electron chi connectivity index (χ1n) is 9.29. The first-order chi connectivity index (χ1) is 15.9. The summed E-state index contributed by atoms with van der Waals surface area (Å²) in [5, 5.41) is 0.840. The molecule has 0 fully saturated rings. The van der Waals surface area contributed by atoms with E-state index in [1.807, 2.05) is 0 Å². The summed E-state index contributed by atoms with van der Waals surface area (Å²) in [6, 6.07) is 13.0. The molecule has 0 atom stereocenters. The van der Waals surface area contributed by atoms with E-state index in [1.54, 1.807) is 42.5 Å². The fourth-order valence-corrected chi connectivity index (χ4v) is 4.11. The smallest absolute Gasteiger partial charge is 0.456 e. The van der Waals surface area contributed by atoms with E-state index in [4.69, 9.17) is 4.74 Å². The van der Waals surface area contributed by atoms with Crippen LogP contribution in [0.5, 0.6) is 23.0 Å². The molecule has 6 nitrogen and oxygen atoms in total. The van der Waals surface area contributed by atoms with Gasteiger partial charge in [0.25, 0.3) is 0 Å². The molecule has 0 spiro atoms. The second kappa shape index (κ2) is 7.13. The number of pyridine rings is 1. The summed E-state index contributed by atoms with van der Waals surface area (Å²) in [6.45, 7) is 0. The van der Waals surface area contributed by atoms with Gasteiger partial charge < -0.3 is 13.7 Å². The quantitative estimate of drug-likeness (QED) is 0.125. The topological polar surface area (TPSA) is 74.7 Å². The van der Waals surface area contributed by atoms with Crippen molar-refractivity contribution in [3.8, 4) is 34.3 Å². The van der Waals surface area contributed by atoms with Gasteiger partial charge in [0.1, 0.15) is 17.0 Å². The summed E-state index contributed by atoms with van der Waals surface area (Å²) in [5.41, 5.74) is -5.86. The van der Waals surface area contributed by atoms with Crippen molar-refractivity contribution < 1.29 is 48.4 Å². The fourth-order valence-electron chi connectivity index (χ4n) is 3.64. The van der Waals surface area contributed by atoms with E-state index in [-0.39, 0.29) is 11.1 Å². The Bertz CT molecular complexity index is 1580. The van der Waals surface area contributed by atoms with E-state index in [1.165, 1.54) is 0 Å². The lowest BCUT2D eigenvalue weighted by Gasteiger charge is -2.22. The molecule has 13 heteroatoms. The van der Waals surface area contributed by atoms with Crippen molar-refractivity contribution in [1.29, 1.82) is 0 Å². The number of para-hydroxylation sites is 1. The molecule has 0 saturated heterocycles. The number of halogens is 6. The van der Waals surface area contributed by atoms with Crippen LogP contribution in [0, 0.1) is 0 Å². The Labute approximate surface area is 186 Å². The predicted molar refractivity (Wildman–Crippen MR) is 107 cm³/mol. The zero-order valence-electron chi connectivity index (χ0n) is 16.4. The second-order valence-electron chi connectivity index (χ2n) is 7.06.